The molecule has 1 heterocycles. The molecule has 102 valence electrons. The number of amides is 1. The van der Waals surface area contributed by atoms with Gasteiger partial charge in [0.15, 0.2) is 5.12 Å². The van der Waals surface area contributed by atoms with Gasteiger partial charge in [0.1, 0.15) is 5.75 Å². The van der Waals surface area contributed by atoms with E-state index < -0.39 is 0 Å². The summed E-state index contributed by atoms with van der Waals surface area (Å²) in [5.41, 5.74) is 0.744. The third kappa shape index (κ3) is 3.30. The molecule has 0 aromatic heterocycles. The molecule has 0 saturated carbocycles. The number of thioether (sulfide) groups is 1. The van der Waals surface area contributed by atoms with Crippen molar-refractivity contribution in [2.45, 2.75) is 18.6 Å². The molecule has 0 bridgehead atoms. The van der Waals surface area contributed by atoms with Gasteiger partial charge in [0, 0.05) is 29.6 Å². The van der Waals surface area contributed by atoms with Crippen LogP contribution in [0.3, 0.4) is 0 Å². The lowest BCUT2D eigenvalue weighted by atomic mass is 10.2. The van der Waals surface area contributed by atoms with Gasteiger partial charge in [-0.3, -0.25) is 9.59 Å². The molecule has 0 aliphatic carbocycles. The molecule has 1 saturated heterocycles. The molecule has 1 aliphatic heterocycles. The Labute approximate surface area is 124 Å². The van der Waals surface area contributed by atoms with Crippen molar-refractivity contribution in [3.05, 3.63) is 22.7 Å². The van der Waals surface area contributed by atoms with Crippen LogP contribution in [0, 0.1) is 0 Å². The molecule has 6 heteroatoms. The Bertz CT molecular complexity index is 521. The summed E-state index contributed by atoms with van der Waals surface area (Å²) in [5.74, 6) is 0.681. The zero-order chi connectivity index (χ0) is 14.0. The maximum Gasteiger partial charge on any atom is 0.228 e. The van der Waals surface area contributed by atoms with Crippen LogP contribution >= 0.6 is 27.7 Å². The lowest BCUT2D eigenvalue weighted by Crippen LogP contribution is -2.25. The predicted octanol–water partition coefficient (Wildman–Crippen LogP) is 2.84. The van der Waals surface area contributed by atoms with E-state index in [9.17, 15) is 9.59 Å². The van der Waals surface area contributed by atoms with E-state index in [-0.39, 0.29) is 16.3 Å². The molecular weight excluding hydrogens is 330 g/mol. The standard InChI is InChI=1S/C13H14BrNO3S/c1-8(16)19-10-6-13(17)15(7-10)11-5-9(14)3-4-12(11)18-2/h3-5,10H,6-7H2,1-2H3. The first kappa shape index (κ1) is 14.4. The average molecular weight is 344 g/mol. The molecule has 1 amide bonds. The number of nitrogens with zero attached hydrogens (tertiary/aromatic N) is 1. The van der Waals surface area contributed by atoms with Gasteiger partial charge in [-0.1, -0.05) is 27.7 Å². The summed E-state index contributed by atoms with van der Waals surface area (Å²) in [5, 5.41) is 0.0644. The minimum atomic E-state index is 0.0219. The van der Waals surface area contributed by atoms with E-state index in [0.717, 1.165) is 10.2 Å². The number of carbonyl (C=O) groups excluding carboxylic acids is 2. The van der Waals surface area contributed by atoms with Crippen molar-refractivity contribution in [1.29, 1.82) is 0 Å². The minimum absolute atomic E-state index is 0.0219. The summed E-state index contributed by atoms with van der Waals surface area (Å²) in [6.45, 7) is 2.06. The average Bonchev–Trinajstić information content (AvgIpc) is 2.69. The van der Waals surface area contributed by atoms with Crippen LogP contribution in [0.2, 0.25) is 0 Å². The monoisotopic (exact) mass is 343 g/mol. The normalized spacial score (nSPS) is 18.8. The van der Waals surface area contributed by atoms with Gasteiger partial charge < -0.3 is 9.64 Å². The summed E-state index contributed by atoms with van der Waals surface area (Å²) in [4.78, 5) is 24.9. The van der Waals surface area contributed by atoms with Crippen molar-refractivity contribution in [1.82, 2.24) is 0 Å². The summed E-state index contributed by atoms with van der Waals surface area (Å²) < 4.78 is 6.18. The quantitative estimate of drug-likeness (QED) is 0.846. The summed E-state index contributed by atoms with van der Waals surface area (Å²) in [6, 6.07) is 5.54. The number of rotatable bonds is 3. The van der Waals surface area contributed by atoms with Crippen molar-refractivity contribution in [2.75, 3.05) is 18.6 Å². The zero-order valence-corrected chi connectivity index (χ0v) is 13.1. The van der Waals surface area contributed by atoms with Crippen molar-refractivity contribution in [3.63, 3.8) is 0 Å². The van der Waals surface area contributed by atoms with Crippen molar-refractivity contribution in [2.24, 2.45) is 0 Å². The molecule has 1 atom stereocenters. The van der Waals surface area contributed by atoms with Crippen LogP contribution < -0.4 is 9.64 Å². The van der Waals surface area contributed by atoms with E-state index in [2.05, 4.69) is 15.9 Å². The largest absolute Gasteiger partial charge is 0.495 e. The zero-order valence-electron chi connectivity index (χ0n) is 10.7. The van der Waals surface area contributed by atoms with Gasteiger partial charge >= 0.3 is 0 Å². The number of hydrogen-bond donors (Lipinski definition) is 0. The lowest BCUT2D eigenvalue weighted by molar-refractivity contribution is -0.117. The van der Waals surface area contributed by atoms with Crippen molar-refractivity contribution in [3.8, 4) is 5.75 Å². The second kappa shape index (κ2) is 5.96. The van der Waals surface area contributed by atoms with E-state index in [0.29, 0.717) is 18.7 Å². The Morgan fingerprint density at radius 2 is 2.26 bits per heavy atom. The Kier molecular flexibility index (Phi) is 4.52. The number of benzene rings is 1. The molecule has 1 fully saturated rings. The third-order valence-electron chi connectivity index (χ3n) is 2.85. The van der Waals surface area contributed by atoms with Gasteiger partial charge in [0.05, 0.1) is 12.8 Å². The second-order valence-electron chi connectivity index (χ2n) is 4.26. The van der Waals surface area contributed by atoms with Gasteiger partial charge in [-0.25, -0.2) is 0 Å². The molecule has 1 aromatic rings. The highest BCUT2D eigenvalue weighted by molar-refractivity contribution is 9.10. The highest BCUT2D eigenvalue weighted by Crippen LogP contribution is 2.36. The third-order valence-corrected chi connectivity index (χ3v) is 4.33. The van der Waals surface area contributed by atoms with Gasteiger partial charge in [-0.15, -0.1) is 0 Å². The Hall–Kier alpha value is -1.01. The number of carbonyl (C=O) groups is 2. The number of methoxy groups -OCH3 is 1. The van der Waals surface area contributed by atoms with Crippen LogP contribution in [0.25, 0.3) is 0 Å². The molecule has 1 aromatic carbocycles. The lowest BCUT2D eigenvalue weighted by Gasteiger charge is -2.19. The first-order valence-electron chi connectivity index (χ1n) is 5.82. The highest BCUT2D eigenvalue weighted by atomic mass is 79.9. The molecule has 1 unspecified atom stereocenters. The van der Waals surface area contributed by atoms with Crippen LogP contribution in [-0.2, 0) is 9.59 Å². The van der Waals surface area contributed by atoms with Crippen LogP contribution in [0.4, 0.5) is 5.69 Å². The van der Waals surface area contributed by atoms with Crippen LogP contribution in [0.5, 0.6) is 5.75 Å². The van der Waals surface area contributed by atoms with Crippen molar-refractivity contribution >= 4 is 44.4 Å². The fourth-order valence-electron chi connectivity index (χ4n) is 2.10. The molecule has 2 rings (SSSR count). The molecule has 4 nitrogen and oxygen atoms in total. The van der Waals surface area contributed by atoms with Crippen molar-refractivity contribution < 1.29 is 14.3 Å². The Balaban J connectivity index is 2.25. The molecular formula is C13H14BrNO3S. The predicted molar refractivity (Wildman–Crippen MR) is 79.7 cm³/mol. The number of halogens is 1. The fraction of sp³-hybridized carbons (Fsp3) is 0.385. The number of anilines is 1. The maximum atomic E-state index is 12.1. The van der Waals surface area contributed by atoms with Gasteiger partial charge in [-0.2, -0.15) is 0 Å². The molecule has 19 heavy (non-hydrogen) atoms. The number of ether oxygens (including phenoxy) is 1. The second-order valence-corrected chi connectivity index (χ2v) is 6.65. The Morgan fingerprint density at radius 1 is 1.53 bits per heavy atom. The van der Waals surface area contributed by atoms with E-state index in [4.69, 9.17) is 4.74 Å². The SMILES string of the molecule is COc1ccc(Br)cc1N1CC(SC(C)=O)CC1=O. The summed E-state index contributed by atoms with van der Waals surface area (Å²) in [7, 11) is 1.58. The molecule has 1 aliphatic rings. The van der Waals surface area contributed by atoms with E-state index >= 15 is 0 Å². The Morgan fingerprint density at radius 3 is 2.89 bits per heavy atom. The van der Waals surface area contributed by atoms with Crippen LogP contribution in [-0.4, -0.2) is 29.9 Å². The van der Waals surface area contributed by atoms with Crippen LogP contribution in [0.1, 0.15) is 13.3 Å². The van der Waals surface area contributed by atoms with Gasteiger partial charge in [-0.05, 0) is 18.2 Å². The first-order valence-corrected chi connectivity index (χ1v) is 7.49. The number of hydrogen-bond acceptors (Lipinski definition) is 4. The fourth-order valence-corrected chi connectivity index (χ4v) is 3.36. The van der Waals surface area contributed by atoms with Crippen LogP contribution in [0.15, 0.2) is 22.7 Å². The first-order chi connectivity index (χ1) is 9.01. The minimum Gasteiger partial charge on any atom is -0.495 e. The highest BCUT2D eigenvalue weighted by Gasteiger charge is 2.33. The molecule has 0 radical (unpaired) electrons. The summed E-state index contributed by atoms with van der Waals surface area (Å²) >= 11 is 4.62. The maximum absolute atomic E-state index is 12.1. The smallest absolute Gasteiger partial charge is 0.228 e. The summed E-state index contributed by atoms with van der Waals surface area (Å²) in [6.07, 6.45) is 0.389. The molecule has 0 N–H and O–H groups in total. The van der Waals surface area contributed by atoms with Gasteiger partial charge in [0.2, 0.25) is 5.91 Å². The molecule has 0 spiro atoms. The van der Waals surface area contributed by atoms with E-state index in [1.807, 2.05) is 18.2 Å². The van der Waals surface area contributed by atoms with E-state index in [1.165, 1.54) is 18.7 Å². The van der Waals surface area contributed by atoms with E-state index in [1.54, 1.807) is 12.0 Å². The topological polar surface area (TPSA) is 46.6 Å². The van der Waals surface area contributed by atoms with Gasteiger partial charge in [0.25, 0.3) is 0 Å².